The van der Waals surface area contributed by atoms with E-state index in [1.54, 1.807) is 4.68 Å². The molecule has 0 aliphatic carbocycles. The summed E-state index contributed by atoms with van der Waals surface area (Å²) in [6.07, 6.45) is 2.38. The molecule has 2 rings (SSSR count). The second kappa shape index (κ2) is 6.79. The average molecular weight is 326 g/mol. The Labute approximate surface area is 135 Å². The zero-order valence-corrected chi connectivity index (χ0v) is 14.6. The third-order valence-electron chi connectivity index (χ3n) is 3.77. The summed E-state index contributed by atoms with van der Waals surface area (Å²) in [5.41, 5.74) is 2.60. The number of carbonyl (C=O) groups is 1. The van der Waals surface area contributed by atoms with E-state index in [1.165, 1.54) is 24.6 Å². The minimum absolute atomic E-state index is 0.0271. The van der Waals surface area contributed by atoms with Crippen LogP contribution in [0.25, 0.3) is 0 Å². The topological polar surface area (TPSA) is 50.2 Å². The molecule has 0 saturated carbocycles. The van der Waals surface area contributed by atoms with Crippen LogP contribution in [0.2, 0.25) is 0 Å². The van der Waals surface area contributed by atoms with Crippen molar-refractivity contribution < 1.29 is 4.79 Å². The normalized spacial score (nSPS) is 16.1. The van der Waals surface area contributed by atoms with Gasteiger partial charge in [0, 0.05) is 20.1 Å². The highest BCUT2D eigenvalue weighted by Gasteiger charge is 2.22. The number of amides is 1. The highest BCUT2D eigenvalue weighted by atomic mass is 32.2. The number of nitrogens with one attached hydrogen (secondary N) is 1. The van der Waals surface area contributed by atoms with Gasteiger partial charge < -0.3 is 10.2 Å². The number of anilines is 1. The predicted octanol–water partition coefficient (Wildman–Crippen LogP) is 2.48. The molecule has 1 aromatic heterocycles. The van der Waals surface area contributed by atoms with Crippen LogP contribution < -0.4 is 5.32 Å². The Morgan fingerprint density at radius 1 is 1.38 bits per heavy atom. The Balaban J connectivity index is 1.94. The van der Waals surface area contributed by atoms with Gasteiger partial charge in [0.05, 0.1) is 22.3 Å². The van der Waals surface area contributed by atoms with Crippen molar-refractivity contribution in [2.24, 2.45) is 7.05 Å². The van der Waals surface area contributed by atoms with Gasteiger partial charge in [0.2, 0.25) is 5.91 Å². The molecule has 0 spiro atoms. The minimum Gasteiger partial charge on any atom is -0.358 e. The number of thioether (sulfide) groups is 1. The molecular formula is C14H22N4OS2. The van der Waals surface area contributed by atoms with Crippen LogP contribution in [-0.4, -0.2) is 43.2 Å². The van der Waals surface area contributed by atoms with Crippen LogP contribution in [-0.2, 0) is 11.8 Å². The van der Waals surface area contributed by atoms with Crippen molar-refractivity contribution in [2.45, 2.75) is 38.9 Å². The summed E-state index contributed by atoms with van der Waals surface area (Å²) < 4.78 is 2.60. The van der Waals surface area contributed by atoms with Crippen LogP contribution in [0.1, 0.15) is 31.2 Å². The van der Waals surface area contributed by atoms with Gasteiger partial charge in [-0.3, -0.25) is 9.48 Å². The van der Waals surface area contributed by atoms with E-state index < -0.39 is 0 Å². The van der Waals surface area contributed by atoms with E-state index in [0.717, 1.165) is 34.5 Å². The van der Waals surface area contributed by atoms with Gasteiger partial charge >= 0.3 is 0 Å². The van der Waals surface area contributed by atoms with Gasteiger partial charge in [-0.2, -0.15) is 5.10 Å². The van der Waals surface area contributed by atoms with Gasteiger partial charge in [-0.1, -0.05) is 24.0 Å². The molecule has 1 N–H and O–H groups in total. The summed E-state index contributed by atoms with van der Waals surface area (Å²) in [4.78, 5) is 14.5. The molecule has 0 aromatic carbocycles. The second-order valence-corrected chi connectivity index (χ2v) is 7.35. The SMILES string of the molecule is Cc1nn(C)c(C)c1NC(=O)[C@@H](C)SC(=S)N1CCCC1. The van der Waals surface area contributed by atoms with Crippen molar-refractivity contribution in [3.05, 3.63) is 11.4 Å². The molecule has 0 bridgehead atoms. The third kappa shape index (κ3) is 3.77. The standard InChI is InChI=1S/C14H22N4OS2/c1-9-12(10(2)17(4)16-9)15-13(19)11(3)21-14(20)18-7-5-6-8-18/h11H,5-8H2,1-4H3,(H,15,19)/t11-/m1/s1. The van der Waals surface area contributed by atoms with E-state index >= 15 is 0 Å². The average Bonchev–Trinajstić information content (AvgIpc) is 3.03. The van der Waals surface area contributed by atoms with Crippen molar-refractivity contribution in [1.29, 1.82) is 0 Å². The monoisotopic (exact) mass is 326 g/mol. The molecule has 1 aliphatic heterocycles. The summed E-state index contributed by atoms with van der Waals surface area (Å²) in [5, 5.41) is 7.07. The van der Waals surface area contributed by atoms with Crippen molar-refractivity contribution in [3.8, 4) is 0 Å². The van der Waals surface area contributed by atoms with Crippen molar-refractivity contribution in [2.75, 3.05) is 18.4 Å². The van der Waals surface area contributed by atoms with Crippen LogP contribution in [0.15, 0.2) is 0 Å². The molecule has 7 heteroatoms. The first-order chi connectivity index (χ1) is 9.90. The van der Waals surface area contributed by atoms with Gasteiger partial charge in [-0.25, -0.2) is 0 Å². The Kier molecular flexibility index (Phi) is 5.27. The lowest BCUT2D eigenvalue weighted by Gasteiger charge is -2.20. The highest BCUT2D eigenvalue weighted by Crippen LogP contribution is 2.23. The Morgan fingerprint density at radius 2 is 2.00 bits per heavy atom. The van der Waals surface area contributed by atoms with E-state index in [4.69, 9.17) is 12.2 Å². The van der Waals surface area contributed by atoms with E-state index in [2.05, 4.69) is 15.3 Å². The first kappa shape index (κ1) is 16.3. The Morgan fingerprint density at radius 3 is 2.52 bits per heavy atom. The summed E-state index contributed by atoms with van der Waals surface area (Å²) in [6.45, 7) is 7.77. The maximum atomic E-state index is 12.3. The number of hydrogen-bond donors (Lipinski definition) is 1. The number of aromatic nitrogens is 2. The summed E-state index contributed by atoms with van der Waals surface area (Å²) in [5.74, 6) is -0.0271. The lowest BCUT2D eigenvalue weighted by Crippen LogP contribution is -2.29. The van der Waals surface area contributed by atoms with E-state index in [1.807, 2.05) is 27.8 Å². The van der Waals surface area contributed by atoms with E-state index in [0.29, 0.717) is 0 Å². The van der Waals surface area contributed by atoms with Gasteiger partial charge in [-0.05, 0) is 33.6 Å². The Hall–Kier alpha value is -1.08. The first-order valence-corrected chi connectivity index (χ1v) is 8.45. The zero-order valence-electron chi connectivity index (χ0n) is 13.0. The lowest BCUT2D eigenvalue weighted by molar-refractivity contribution is -0.115. The van der Waals surface area contributed by atoms with Crippen LogP contribution in [0.5, 0.6) is 0 Å². The first-order valence-electron chi connectivity index (χ1n) is 7.16. The molecule has 1 aromatic rings. The zero-order chi connectivity index (χ0) is 15.6. The molecule has 2 heterocycles. The number of aryl methyl sites for hydroxylation is 2. The quantitative estimate of drug-likeness (QED) is 0.865. The molecule has 1 aliphatic rings. The molecular weight excluding hydrogens is 304 g/mol. The van der Waals surface area contributed by atoms with Crippen LogP contribution >= 0.6 is 24.0 Å². The third-order valence-corrected chi connectivity index (χ3v) is 5.34. The molecule has 0 radical (unpaired) electrons. The van der Waals surface area contributed by atoms with Gasteiger partial charge in [0.1, 0.15) is 4.32 Å². The molecule has 1 atom stereocenters. The molecule has 21 heavy (non-hydrogen) atoms. The second-order valence-electron chi connectivity index (χ2n) is 5.38. The molecule has 1 fully saturated rings. The van der Waals surface area contributed by atoms with Crippen LogP contribution in [0.3, 0.4) is 0 Å². The maximum Gasteiger partial charge on any atom is 0.237 e. The smallest absolute Gasteiger partial charge is 0.237 e. The molecule has 116 valence electrons. The maximum absolute atomic E-state index is 12.3. The number of thiocarbonyl (C=S) groups is 1. The summed E-state index contributed by atoms with van der Waals surface area (Å²) in [6, 6.07) is 0. The largest absolute Gasteiger partial charge is 0.358 e. The number of rotatable bonds is 3. The molecule has 5 nitrogen and oxygen atoms in total. The lowest BCUT2D eigenvalue weighted by atomic mass is 10.3. The van der Waals surface area contributed by atoms with Gasteiger partial charge in [0.15, 0.2) is 0 Å². The fraction of sp³-hybridized carbons (Fsp3) is 0.643. The summed E-state index contributed by atoms with van der Waals surface area (Å²) in [7, 11) is 1.87. The molecule has 0 unspecified atom stereocenters. The van der Waals surface area contributed by atoms with Gasteiger partial charge in [-0.15, -0.1) is 0 Å². The minimum atomic E-state index is -0.211. The number of likely N-dealkylation sites (tertiary alicyclic amines) is 1. The number of carbonyl (C=O) groups excluding carboxylic acids is 1. The van der Waals surface area contributed by atoms with Crippen LogP contribution in [0, 0.1) is 13.8 Å². The van der Waals surface area contributed by atoms with Crippen molar-refractivity contribution >= 4 is 39.9 Å². The van der Waals surface area contributed by atoms with E-state index in [-0.39, 0.29) is 11.2 Å². The fourth-order valence-corrected chi connectivity index (χ4v) is 3.77. The van der Waals surface area contributed by atoms with Gasteiger partial charge in [0.25, 0.3) is 0 Å². The van der Waals surface area contributed by atoms with E-state index in [9.17, 15) is 4.79 Å². The highest BCUT2D eigenvalue weighted by molar-refractivity contribution is 8.23. The van der Waals surface area contributed by atoms with Crippen molar-refractivity contribution in [1.82, 2.24) is 14.7 Å². The Bertz CT molecular complexity index is 549. The molecule has 1 saturated heterocycles. The fourth-order valence-electron chi connectivity index (χ4n) is 2.36. The van der Waals surface area contributed by atoms with Crippen molar-refractivity contribution in [3.63, 3.8) is 0 Å². The predicted molar refractivity (Wildman–Crippen MR) is 91.8 cm³/mol. The number of hydrogen-bond acceptors (Lipinski definition) is 4. The summed E-state index contributed by atoms with van der Waals surface area (Å²) >= 11 is 6.88. The van der Waals surface area contributed by atoms with Crippen LogP contribution in [0.4, 0.5) is 5.69 Å². The number of nitrogens with zero attached hydrogens (tertiary/aromatic N) is 3. The molecule has 1 amide bonds.